The van der Waals surface area contributed by atoms with Crippen molar-refractivity contribution in [2.24, 2.45) is 0 Å². The number of anilines is 1. The summed E-state index contributed by atoms with van der Waals surface area (Å²) in [6.07, 6.45) is -11.0. The van der Waals surface area contributed by atoms with Crippen molar-refractivity contribution in [2.45, 2.75) is 49.1 Å². The Bertz CT molecular complexity index is 1530. The Hall–Kier alpha value is -2.62. The number of nitrogens with two attached hydrogens (primary N) is 1. The third-order valence-corrected chi connectivity index (χ3v) is 8.54. The van der Waals surface area contributed by atoms with Crippen LogP contribution >= 0.6 is 15.6 Å². The van der Waals surface area contributed by atoms with Crippen LogP contribution in [0.3, 0.4) is 0 Å². The van der Waals surface area contributed by atoms with E-state index in [1.807, 2.05) is 4.98 Å². The molecule has 23 heteroatoms. The Morgan fingerprint density at radius 3 is 1.83 bits per heavy atom. The number of nitrogens with one attached hydrogen (secondary N) is 1. The number of hydrogen-bond donors (Lipinski definition) is 8. The van der Waals surface area contributed by atoms with E-state index in [9.17, 15) is 53.7 Å². The van der Waals surface area contributed by atoms with E-state index in [0.717, 1.165) is 27.6 Å². The fourth-order valence-electron chi connectivity index (χ4n) is 3.95. The minimum atomic E-state index is -5.43. The number of H-pyrrole nitrogens is 1. The SMILES string of the molecule is Nc1ccn(C2OC(COP(=O)(O)OP(=O)(O)OCC3OC(n4ccc(=O)[nH]c4=O)C(O)C3O)C(O)C2O)c(=O)n1. The van der Waals surface area contributed by atoms with Crippen molar-refractivity contribution in [1.29, 1.82) is 0 Å². The number of aliphatic hydroxyl groups is 4. The Labute approximate surface area is 227 Å². The minimum Gasteiger partial charge on any atom is -0.387 e. The first-order chi connectivity index (χ1) is 19.1. The molecule has 10 unspecified atom stereocenters. The summed E-state index contributed by atoms with van der Waals surface area (Å²) in [5, 5.41) is 40.8. The molecule has 0 saturated carbocycles. The molecule has 2 saturated heterocycles. The van der Waals surface area contributed by atoms with Gasteiger partial charge in [-0.25, -0.2) is 18.7 Å². The van der Waals surface area contributed by atoms with Crippen LogP contribution in [-0.2, 0) is 32.0 Å². The van der Waals surface area contributed by atoms with Crippen LogP contribution in [-0.4, -0.2) is 99.2 Å². The summed E-state index contributed by atoms with van der Waals surface area (Å²) < 4.78 is 50.0. The smallest absolute Gasteiger partial charge is 0.387 e. The number of phosphoric ester groups is 2. The predicted octanol–water partition coefficient (Wildman–Crippen LogP) is -4.14. The normalized spacial score (nSPS) is 32.9. The zero-order chi connectivity index (χ0) is 30.3. The van der Waals surface area contributed by atoms with Gasteiger partial charge in [0, 0.05) is 18.5 Å². The molecule has 2 aromatic heterocycles. The minimum absolute atomic E-state index is 0.123. The summed E-state index contributed by atoms with van der Waals surface area (Å²) in [6.45, 7) is -1.98. The van der Waals surface area contributed by atoms with Gasteiger partial charge in [0.1, 0.15) is 42.4 Å². The third-order valence-electron chi connectivity index (χ3n) is 5.94. The lowest BCUT2D eigenvalue weighted by molar-refractivity contribution is -0.0567. The molecular weight excluding hydrogens is 604 g/mol. The van der Waals surface area contributed by atoms with E-state index in [1.54, 1.807) is 0 Å². The van der Waals surface area contributed by atoms with Gasteiger partial charge in [0.2, 0.25) is 0 Å². The maximum atomic E-state index is 12.3. The molecule has 9 N–H and O–H groups in total. The van der Waals surface area contributed by atoms with Crippen LogP contribution in [0.1, 0.15) is 12.5 Å². The van der Waals surface area contributed by atoms with Gasteiger partial charge in [0.25, 0.3) is 5.56 Å². The zero-order valence-corrected chi connectivity index (χ0v) is 22.2. The van der Waals surface area contributed by atoms with Gasteiger partial charge >= 0.3 is 27.0 Å². The molecule has 228 valence electrons. The predicted molar refractivity (Wildman–Crippen MR) is 129 cm³/mol. The monoisotopic (exact) mass is 629 g/mol. The van der Waals surface area contributed by atoms with E-state index in [4.69, 9.17) is 15.2 Å². The molecule has 10 atom stereocenters. The number of rotatable bonds is 10. The van der Waals surface area contributed by atoms with Crippen molar-refractivity contribution >= 4 is 21.5 Å². The summed E-state index contributed by atoms with van der Waals surface area (Å²) in [4.78, 5) is 60.3. The second-order valence-electron chi connectivity index (χ2n) is 8.76. The molecule has 0 aliphatic carbocycles. The van der Waals surface area contributed by atoms with Gasteiger partial charge in [-0.1, -0.05) is 0 Å². The zero-order valence-electron chi connectivity index (χ0n) is 20.4. The Balaban J connectivity index is 1.32. The summed E-state index contributed by atoms with van der Waals surface area (Å²) in [6, 6.07) is 2.15. The fraction of sp³-hybridized carbons (Fsp3) is 0.556. The largest absolute Gasteiger partial charge is 0.481 e. The van der Waals surface area contributed by atoms with Crippen LogP contribution < -0.4 is 22.7 Å². The number of aromatic nitrogens is 4. The van der Waals surface area contributed by atoms with E-state index >= 15 is 0 Å². The number of ether oxygens (including phenoxy) is 2. The Morgan fingerprint density at radius 1 is 0.854 bits per heavy atom. The maximum Gasteiger partial charge on any atom is 0.481 e. The quantitative estimate of drug-likeness (QED) is 0.116. The van der Waals surface area contributed by atoms with E-state index in [0.29, 0.717) is 0 Å². The van der Waals surface area contributed by atoms with Gasteiger partial charge in [-0.05, 0) is 6.07 Å². The number of nitrogen functional groups attached to an aromatic ring is 1. The maximum absolute atomic E-state index is 12.3. The van der Waals surface area contributed by atoms with E-state index in [-0.39, 0.29) is 5.82 Å². The number of aromatic amines is 1. The molecule has 4 heterocycles. The number of hydrogen-bond acceptors (Lipinski definition) is 16. The van der Waals surface area contributed by atoms with Crippen molar-refractivity contribution < 1.29 is 62.2 Å². The van der Waals surface area contributed by atoms with Gasteiger partial charge in [-0.15, -0.1) is 0 Å². The van der Waals surface area contributed by atoms with Crippen molar-refractivity contribution in [3.05, 3.63) is 55.8 Å². The first-order valence-electron chi connectivity index (χ1n) is 11.4. The highest BCUT2D eigenvalue weighted by atomic mass is 31.3. The fourth-order valence-corrected chi connectivity index (χ4v) is 6.04. The van der Waals surface area contributed by atoms with Gasteiger partial charge in [-0.2, -0.15) is 9.29 Å². The lowest BCUT2D eigenvalue weighted by Gasteiger charge is -2.20. The van der Waals surface area contributed by atoms with Crippen LogP contribution in [0.4, 0.5) is 5.82 Å². The standard InChI is InChI=1S/C18H25N5O16P2/c19-9-1-3-22(17(29)20-9)15-13(27)11(25)7(37-15)5-35-40(31,32)39-41(33,34)36-6-8-12(26)14(28)16(38-8)23-4-2-10(24)21-18(23)30/h1-4,7-8,11-16,25-28H,5-6H2,(H,31,32)(H,33,34)(H2,19,20,29)(H,21,24,30). The molecule has 21 nitrogen and oxygen atoms in total. The van der Waals surface area contributed by atoms with Gasteiger partial charge < -0.3 is 45.4 Å². The van der Waals surface area contributed by atoms with Crippen LogP contribution in [0.2, 0.25) is 0 Å². The van der Waals surface area contributed by atoms with Gasteiger partial charge in [0.05, 0.1) is 13.2 Å². The number of nitrogens with zero attached hydrogens (tertiary/aromatic N) is 3. The number of phosphoric acid groups is 2. The van der Waals surface area contributed by atoms with Crippen molar-refractivity contribution in [3.8, 4) is 0 Å². The molecule has 0 radical (unpaired) electrons. The first-order valence-corrected chi connectivity index (χ1v) is 14.4. The highest BCUT2D eigenvalue weighted by Crippen LogP contribution is 2.60. The summed E-state index contributed by atoms with van der Waals surface area (Å²) in [5.41, 5.74) is 2.73. The highest BCUT2D eigenvalue weighted by molar-refractivity contribution is 7.61. The molecule has 2 fully saturated rings. The van der Waals surface area contributed by atoms with E-state index < -0.39 is 94.9 Å². The Kier molecular flexibility index (Phi) is 9.12. The third kappa shape index (κ3) is 7.07. The molecule has 2 aliphatic rings. The van der Waals surface area contributed by atoms with E-state index in [2.05, 4.69) is 18.3 Å². The summed E-state index contributed by atoms with van der Waals surface area (Å²) >= 11 is 0. The first kappa shape index (κ1) is 31.3. The van der Waals surface area contributed by atoms with Crippen LogP contribution in [0, 0.1) is 0 Å². The lowest BCUT2D eigenvalue weighted by atomic mass is 10.1. The molecule has 4 rings (SSSR count). The molecular formula is C18H25N5O16P2. The van der Waals surface area contributed by atoms with Crippen LogP contribution in [0.15, 0.2) is 38.9 Å². The number of aliphatic hydroxyl groups excluding tert-OH is 4. The topological polar surface area (TPSA) is 317 Å². The molecule has 2 aromatic rings. The molecule has 0 amide bonds. The van der Waals surface area contributed by atoms with Crippen molar-refractivity contribution in [1.82, 2.24) is 19.1 Å². The van der Waals surface area contributed by atoms with Crippen molar-refractivity contribution in [3.63, 3.8) is 0 Å². The van der Waals surface area contributed by atoms with Gasteiger partial charge in [0.15, 0.2) is 12.5 Å². The average Bonchev–Trinajstić information content (AvgIpc) is 3.31. The Morgan fingerprint density at radius 2 is 1.34 bits per heavy atom. The van der Waals surface area contributed by atoms with Gasteiger partial charge in [-0.3, -0.25) is 28.0 Å². The van der Waals surface area contributed by atoms with Crippen molar-refractivity contribution in [2.75, 3.05) is 18.9 Å². The van der Waals surface area contributed by atoms with Crippen LogP contribution in [0.5, 0.6) is 0 Å². The molecule has 41 heavy (non-hydrogen) atoms. The molecule has 0 aromatic carbocycles. The second-order valence-corrected chi connectivity index (χ2v) is 11.8. The molecule has 0 spiro atoms. The lowest BCUT2D eigenvalue weighted by Crippen LogP contribution is -2.37. The highest BCUT2D eigenvalue weighted by Gasteiger charge is 2.48. The second kappa shape index (κ2) is 11.9. The van der Waals surface area contributed by atoms with Crippen LogP contribution in [0.25, 0.3) is 0 Å². The molecule has 2 aliphatic heterocycles. The average molecular weight is 629 g/mol. The summed E-state index contributed by atoms with van der Waals surface area (Å²) in [5.74, 6) is -0.123. The molecule has 0 bridgehead atoms. The summed E-state index contributed by atoms with van der Waals surface area (Å²) in [7, 11) is -10.8. The van der Waals surface area contributed by atoms with E-state index in [1.165, 1.54) is 6.07 Å².